The standard InChI is InChI=1S/C27H30N2O4S/c1-17-25(16-34-24-12-10-23(11-13-24)29-18(2)31)32-27(21-4-3-5-22(28)14-21)33-26(17)20-8-6-19(15-30)7-9-20/h3-14,17,25-27,30H,15-16,28H2,1-2H3,(H,29,31)/t17-,25+,26+,27+/m1/s1. The van der Waals surface area contributed by atoms with Gasteiger partial charge in [-0.15, -0.1) is 11.8 Å². The van der Waals surface area contributed by atoms with Crippen LogP contribution in [0.3, 0.4) is 0 Å². The number of hydrogen-bond acceptors (Lipinski definition) is 6. The van der Waals surface area contributed by atoms with Crippen LogP contribution in [-0.4, -0.2) is 22.9 Å². The molecule has 7 heteroatoms. The maximum Gasteiger partial charge on any atom is 0.221 e. The highest BCUT2D eigenvalue weighted by atomic mass is 32.2. The van der Waals surface area contributed by atoms with Gasteiger partial charge in [0.2, 0.25) is 5.91 Å². The van der Waals surface area contributed by atoms with Gasteiger partial charge in [0.1, 0.15) is 0 Å². The topological polar surface area (TPSA) is 93.8 Å². The number of nitrogen functional groups attached to an aromatic ring is 1. The number of benzene rings is 3. The summed E-state index contributed by atoms with van der Waals surface area (Å²) in [5, 5.41) is 12.2. The molecule has 1 saturated heterocycles. The first-order valence-corrected chi connectivity index (χ1v) is 12.3. The molecule has 0 radical (unpaired) electrons. The number of hydrogen-bond donors (Lipinski definition) is 3. The lowest BCUT2D eigenvalue weighted by atomic mass is 9.91. The lowest BCUT2D eigenvalue weighted by Crippen LogP contribution is -2.38. The third-order valence-corrected chi connectivity index (χ3v) is 7.00. The maximum absolute atomic E-state index is 11.3. The number of ether oxygens (including phenoxy) is 2. The van der Waals surface area contributed by atoms with Gasteiger partial charge in [0.15, 0.2) is 6.29 Å². The minimum absolute atomic E-state index is 0.0103. The highest BCUT2D eigenvalue weighted by Crippen LogP contribution is 2.43. The summed E-state index contributed by atoms with van der Waals surface area (Å²) >= 11 is 1.71. The summed E-state index contributed by atoms with van der Waals surface area (Å²) in [6.07, 6.45) is -0.765. The van der Waals surface area contributed by atoms with Gasteiger partial charge < -0.3 is 25.6 Å². The Morgan fingerprint density at radius 2 is 1.76 bits per heavy atom. The fourth-order valence-electron chi connectivity index (χ4n) is 4.03. The summed E-state index contributed by atoms with van der Waals surface area (Å²) < 4.78 is 12.9. The van der Waals surface area contributed by atoms with Crippen molar-refractivity contribution in [3.05, 3.63) is 89.5 Å². The minimum Gasteiger partial charge on any atom is -0.399 e. The molecule has 1 aliphatic rings. The van der Waals surface area contributed by atoms with Crippen molar-refractivity contribution in [3.63, 3.8) is 0 Å². The third-order valence-electron chi connectivity index (χ3n) is 5.90. The average Bonchev–Trinajstić information content (AvgIpc) is 2.84. The van der Waals surface area contributed by atoms with Gasteiger partial charge in [-0.3, -0.25) is 4.79 Å². The van der Waals surface area contributed by atoms with Crippen LogP contribution in [0.5, 0.6) is 0 Å². The zero-order valence-electron chi connectivity index (χ0n) is 19.3. The van der Waals surface area contributed by atoms with E-state index >= 15 is 0 Å². The first kappa shape index (κ1) is 24.3. The lowest BCUT2D eigenvalue weighted by Gasteiger charge is -2.41. The van der Waals surface area contributed by atoms with Crippen LogP contribution in [0.25, 0.3) is 0 Å². The Hall–Kier alpha value is -2.84. The highest BCUT2D eigenvalue weighted by Gasteiger charge is 2.38. The Morgan fingerprint density at radius 1 is 1.03 bits per heavy atom. The van der Waals surface area contributed by atoms with Crippen molar-refractivity contribution in [2.75, 3.05) is 16.8 Å². The van der Waals surface area contributed by atoms with Crippen LogP contribution in [0.4, 0.5) is 11.4 Å². The Morgan fingerprint density at radius 3 is 2.41 bits per heavy atom. The number of aliphatic hydroxyl groups excluding tert-OH is 1. The van der Waals surface area contributed by atoms with Crippen LogP contribution in [0, 0.1) is 5.92 Å². The number of thioether (sulfide) groups is 1. The molecule has 3 aromatic rings. The number of amides is 1. The van der Waals surface area contributed by atoms with Gasteiger partial charge in [0, 0.05) is 40.4 Å². The minimum atomic E-state index is -0.532. The number of anilines is 2. The molecule has 1 aliphatic heterocycles. The Balaban J connectivity index is 1.53. The number of carbonyl (C=O) groups excluding carboxylic acids is 1. The summed E-state index contributed by atoms with van der Waals surface area (Å²) in [4.78, 5) is 12.4. The molecule has 1 heterocycles. The van der Waals surface area contributed by atoms with Crippen LogP contribution in [0.2, 0.25) is 0 Å². The predicted octanol–water partition coefficient (Wildman–Crippen LogP) is 5.30. The van der Waals surface area contributed by atoms with Gasteiger partial charge in [-0.25, -0.2) is 0 Å². The molecule has 0 bridgehead atoms. The van der Waals surface area contributed by atoms with Crippen LogP contribution >= 0.6 is 11.8 Å². The summed E-state index contributed by atoms with van der Waals surface area (Å²) in [5.41, 5.74) is 10.3. The molecule has 34 heavy (non-hydrogen) atoms. The van der Waals surface area contributed by atoms with Crippen LogP contribution in [-0.2, 0) is 20.9 Å². The van der Waals surface area contributed by atoms with Crippen molar-refractivity contribution in [2.45, 2.75) is 43.8 Å². The number of nitrogens with two attached hydrogens (primary N) is 1. The number of rotatable bonds is 7. The first-order valence-electron chi connectivity index (χ1n) is 11.3. The zero-order chi connectivity index (χ0) is 24.1. The van der Waals surface area contributed by atoms with E-state index in [1.807, 2.05) is 72.8 Å². The van der Waals surface area contributed by atoms with Crippen molar-refractivity contribution >= 4 is 29.0 Å². The quantitative estimate of drug-likeness (QED) is 0.315. The Kier molecular flexibility index (Phi) is 7.90. The summed E-state index contributed by atoms with van der Waals surface area (Å²) in [7, 11) is 0. The van der Waals surface area contributed by atoms with Gasteiger partial charge in [0.05, 0.1) is 18.8 Å². The first-order chi connectivity index (χ1) is 16.4. The normalized spacial score (nSPS) is 22.3. The Labute approximate surface area is 204 Å². The molecule has 4 atom stereocenters. The molecule has 1 amide bonds. The second-order valence-corrected chi connectivity index (χ2v) is 9.60. The molecule has 0 unspecified atom stereocenters. The van der Waals surface area contributed by atoms with Gasteiger partial charge in [-0.05, 0) is 47.5 Å². The molecular formula is C27H30N2O4S. The summed E-state index contributed by atoms with van der Waals surface area (Å²) in [5.74, 6) is 0.757. The van der Waals surface area contributed by atoms with E-state index in [2.05, 4.69) is 12.2 Å². The lowest BCUT2D eigenvalue weighted by molar-refractivity contribution is -0.268. The van der Waals surface area contributed by atoms with Crippen molar-refractivity contribution in [1.29, 1.82) is 0 Å². The number of carbonyl (C=O) groups is 1. The molecule has 3 aromatic carbocycles. The van der Waals surface area contributed by atoms with E-state index in [1.165, 1.54) is 6.92 Å². The second-order valence-electron chi connectivity index (χ2n) is 8.51. The fraction of sp³-hybridized carbons (Fsp3) is 0.296. The SMILES string of the molecule is CC(=O)Nc1ccc(SC[C@@H]2O[C@H](c3cccc(N)c3)O[C@H](c3ccc(CO)cc3)[C@@H]2C)cc1. The molecular weight excluding hydrogens is 448 g/mol. The smallest absolute Gasteiger partial charge is 0.221 e. The van der Waals surface area contributed by atoms with Crippen molar-refractivity contribution in [3.8, 4) is 0 Å². The van der Waals surface area contributed by atoms with E-state index in [0.29, 0.717) is 5.69 Å². The van der Waals surface area contributed by atoms with E-state index in [-0.39, 0.29) is 30.6 Å². The van der Waals surface area contributed by atoms with Crippen LogP contribution in [0.1, 0.15) is 42.9 Å². The van der Waals surface area contributed by atoms with E-state index in [4.69, 9.17) is 15.2 Å². The molecule has 6 nitrogen and oxygen atoms in total. The molecule has 1 fully saturated rings. The van der Waals surface area contributed by atoms with Gasteiger partial charge in [0.25, 0.3) is 0 Å². The molecule has 178 valence electrons. The van der Waals surface area contributed by atoms with E-state index < -0.39 is 6.29 Å². The predicted molar refractivity (Wildman–Crippen MR) is 135 cm³/mol. The molecule has 0 spiro atoms. The largest absolute Gasteiger partial charge is 0.399 e. The highest BCUT2D eigenvalue weighted by molar-refractivity contribution is 7.99. The Bertz CT molecular complexity index is 1100. The third kappa shape index (κ3) is 5.98. The van der Waals surface area contributed by atoms with E-state index in [1.54, 1.807) is 11.8 Å². The number of aliphatic hydroxyl groups is 1. The van der Waals surface area contributed by atoms with Gasteiger partial charge >= 0.3 is 0 Å². The summed E-state index contributed by atoms with van der Waals surface area (Å²) in [6, 6.07) is 23.3. The van der Waals surface area contributed by atoms with Crippen LogP contribution < -0.4 is 11.1 Å². The molecule has 0 aliphatic carbocycles. The summed E-state index contributed by atoms with van der Waals surface area (Å²) in [6.45, 7) is 3.65. The fourth-order valence-corrected chi connectivity index (χ4v) is 5.10. The van der Waals surface area contributed by atoms with Crippen LogP contribution in [0.15, 0.2) is 77.7 Å². The van der Waals surface area contributed by atoms with E-state index in [9.17, 15) is 9.90 Å². The monoisotopic (exact) mass is 478 g/mol. The molecule has 4 rings (SSSR count). The zero-order valence-corrected chi connectivity index (χ0v) is 20.1. The molecule has 0 saturated carbocycles. The van der Waals surface area contributed by atoms with Gasteiger partial charge in [-0.2, -0.15) is 0 Å². The van der Waals surface area contributed by atoms with Gasteiger partial charge in [-0.1, -0.05) is 43.3 Å². The average molecular weight is 479 g/mol. The maximum atomic E-state index is 11.3. The number of nitrogens with one attached hydrogen (secondary N) is 1. The molecule has 4 N–H and O–H groups in total. The second kappa shape index (κ2) is 11.1. The van der Waals surface area contributed by atoms with Crippen molar-refractivity contribution in [2.24, 2.45) is 5.92 Å². The molecule has 0 aromatic heterocycles. The van der Waals surface area contributed by atoms with Crippen molar-refractivity contribution in [1.82, 2.24) is 0 Å². The van der Waals surface area contributed by atoms with E-state index in [0.717, 1.165) is 33.0 Å². The van der Waals surface area contributed by atoms with Crippen molar-refractivity contribution < 1.29 is 19.4 Å².